The summed E-state index contributed by atoms with van der Waals surface area (Å²) in [7, 11) is -2.38. The fourth-order valence-electron chi connectivity index (χ4n) is 1.53. The van der Waals surface area contributed by atoms with Crippen LogP contribution in [0.2, 0.25) is 0 Å². The first kappa shape index (κ1) is 17.0. The van der Waals surface area contributed by atoms with Crippen molar-refractivity contribution in [1.29, 1.82) is 0 Å². The second-order valence-electron chi connectivity index (χ2n) is 4.44. The van der Waals surface area contributed by atoms with Gasteiger partial charge in [0.1, 0.15) is 10.7 Å². The van der Waals surface area contributed by atoms with Gasteiger partial charge in [0.15, 0.2) is 0 Å². The van der Waals surface area contributed by atoms with Gasteiger partial charge in [0.2, 0.25) is 10.0 Å². The lowest BCUT2D eigenvalue weighted by Gasteiger charge is -2.12. The van der Waals surface area contributed by atoms with Crippen LogP contribution in [0.25, 0.3) is 0 Å². The summed E-state index contributed by atoms with van der Waals surface area (Å²) in [6.45, 7) is 5.02. The van der Waals surface area contributed by atoms with Gasteiger partial charge in [-0.1, -0.05) is 13.0 Å². The van der Waals surface area contributed by atoms with Crippen molar-refractivity contribution >= 4 is 10.0 Å². The van der Waals surface area contributed by atoms with E-state index in [0.29, 0.717) is 12.1 Å². The predicted molar refractivity (Wildman–Crippen MR) is 75.4 cm³/mol. The monoisotopic (exact) mass is 304 g/mol. The van der Waals surface area contributed by atoms with Crippen molar-refractivity contribution in [3.8, 4) is 0 Å². The molecule has 1 unspecified atom stereocenters. The molecule has 0 saturated carbocycles. The van der Waals surface area contributed by atoms with Crippen molar-refractivity contribution < 1.29 is 17.5 Å². The Hall–Kier alpha value is -1.02. The number of rotatable bonds is 8. The summed E-state index contributed by atoms with van der Waals surface area (Å²) in [5, 5.41) is 3.05. The van der Waals surface area contributed by atoms with Crippen LogP contribution in [0.5, 0.6) is 0 Å². The molecule has 0 fully saturated rings. The van der Waals surface area contributed by atoms with Gasteiger partial charge in [-0.2, -0.15) is 0 Å². The van der Waals surface area contributed by atoms with Gasteiger partial charge in [-0.15, -0.1) is 0 Å². The molecule has 1 rings (SSSR count). The Kier molecular flexibility index (Phi) is 6.54. The second kappa shape index (κ2) is 7.68. The minimum Gasteiger partial charge on any atom is -0.380 e. The lowest BCUT2D eigenvalue weighted by atomic mass is 10.2. The van der Waals surface area contributed by atoms with Gasteiger partial charge in [-0.3, -0.25) is 0 Å². The topological polar surface area (TPSA) is 67.4 Å². The molecule has 114 valence electrons. The molecule has 0 aromatic heterocycles. The van der Waals surface area contributed by atoms with E-state index in [4.69, 9.17) is 4.74 Å². The fraction of sp³-hybridized carbons (Fsp3) is 0.538. The van der Waals surface area contributed by atoms with Crippen molar-refractivity contribution in [2.75, 3.05) is 20.2 Å². The molecule has 7 heteroatoms. The average Bonchev–Trinajstić information content (AvgIpc) is 2.42. The number of nitrogens with one attached hydrogen (secondary N) is 2. The molecule has 0 radical (unpaired) electrons. The highest BCUT2D eigenvalue weighted by Gasteiger charge is 2.19. The van der Waals surface area contributed by atoms with Crippen molar-refractivity contribution in [2.45, 2.75) is 31.4 Å². The molecule has 0 aliphatic rings. The number of halogens is 1. The van der Waals surface area contributed by atoms with Crippen LogP contribution < -0.4 is 10.0 Å². The van der Waals surface area contributed by atoms with Crippen LogP contribution >= 0.6 is 0 Å². The van der Waals surface area contributed by atoms with E-state index in [1.54, 1.807) is 13.0 Å². The Morgan fingerprint density at radius 3 is 2.65 bits per heavy atom. The molecule has 0 aliphatic heterocycles. The molecule has 1 atom stereocenters. The Labute approximate surface area is 119 Å². The van der Waals surface area contributed by atoms with Gasteiger partial charge in [0.05, 0.1) is 6.10 Å². The van der Waals surface area contributed by atoms with E-state index in [-0.39, 0.29) is 17.5 Å². The van der Waals surface area contributed by atoms with Crippen LogP contribution in [0, 0.1) is 5.82 Å². The molecule has 0 bridgehead atoms. The smallest absolute Gasteiger partial charge is 0.243 e. The highest BCUT2D eigenvalue weighted by atomic mass is 32.2. The zero-order valence-electron chi connectivity index (χ0n) is 11.9. The third kappa shape index (κ3) is 4.82. The lowest BCUT2D eigenvalue weighted by Crippen LogP contribution is -2.32. The second-order valence-corrected chi connectivity index (χ2v) is 6.18. The van der Waals surface area contributed by atoms with Crippen LogP contribution in [0.4, 0.5) is 4.39 Å². The van der Waals surface area contributed by atoms with Crippen LogP contribution in [-0.2, 0) is 21.3 Å². The SMILES string of the molecule is CCNCc1ccc(S(=O)(=O)NCC(C)OC)c(F)c1. The van der Waals surface area contributed by atoms with Gasteiger partial charge in [0, 0.05) is 20.2 Å². The average molecular weight is 304 g/mol. The normalized spacial score (nSPS) is 13.4. The largest absolute Gasteiger partial charge is 0.380 e. The number of sulfonamides is 1. The van der Waals surface area contributed by atoms with Crippen LogP contribution in [-0.4, -0.2) is 34.7 Å². The molecular weight excluding hydrogens is 283 g/mol. The molecule has 0 spiro atoms. The minimum absolute atomic E-state index is 0.0947. The summed E-state index contributed by atoms with van der Waals surface area (Å²) in [5.74, 6) is -0.752. The van der Waals surface area contributed by atoms with Gasteiger partial charge in [-0.25, -0.2) is 17.5 Å². The van der Waals surface area contributed by atoms with Crippen molar-refractivity contribution in [3.63, 3.8) is 0 Å². The number of benzene rings is 1. The van der Waals surface area contributed by atoms with E-state index in [1.165, 1.54) is 19.2 Å². The standard InChI is InChI=1S/C13H21FN2O3S/c1-4-15-9-11-5-6-13(12(14)7-11)20(17,18)16-8-10(2)19-3/h5-7,10,15-16H,4,8-9H2,1-3H3. The lowest BCUT2D eigenvalue weighted by molar-refractivity contribution is 0.122. The highest BCUT2D eigenvalue weighted by Crippen LogP contribution is 2.16. The van der Waals surface area contributed by atoms with Gasteiger partial charge in [-0.05, 0) is 31.2 Å². The highest BCUT2D eigenvalue weighted by molar-refractivity contribution is 7.89. The van der Waals surface area contributed by atoms with Crippen molar-refractivity contribution in [3.05, 3.63) is 29.6 Å². The first-order valence-electron chi connectivity index (χ1n) is 6.42. The van der Waals surface area contributed by atoms with E-state index in [1.807, 2.05) is 6.92 Å². The maximum absolute atomic E-state index is 13.9. The first-order valence-corrected chi connectivity index (χ1v) is 7.90. The Balaban J connectivity index is 2.84. The summed E-state index contributed by atoms with van der Waals surface area (Å²) in [6, 6.07) is 4.11. The summed E-state index contributed by atoms with van der Waals surface area (Å²) in [6.07, 6.45) is -0.277. The molecule has 0 heterocycles. The molecular formula is C13H21FN2O3S. The first-order chi connectivity index (χ1) is 9.40. The van der Waals surface area contributed by atoms with E-state index in [2.05, 4.69) is 10.0 Å². The number of methoxy groups -OCH3 is 1. The number of ether oxygens (including phenoxy) is 1. The fourth-order valence-corrected chi connectivity index (χ4v) is 2.70. The quantitative estimate of drug-likeness (QED) is 0.758. The molecule has 1 aromatic carbocycles. The van der Waals surface area contributed by atoms with E-state index >= 15 is 0 Å². The molecule has 2 N–H and O–H groups in total. The zero-order chi connectivity index (χ0) is 15.2. The van der Waals surface area contributed by atoms with Crippen LogP contribution in [0.3, 0.4) is 0 Å². The Morgan fingerprint density at radius 2 is 2.10 bits per heavy atom. The number of hydrogen-bond acceptors (Lipinski definition) is 4. The maximum Gasteiger partial charge on any atom is 0.243 e. The van der Waals surface area contributed by atoms with Crippen molar-refractivity contribution in [1.82, 2.24) is 10.0 Å². The molecule has 1 aromatic rings. The minimum atomic E-state index is -3.86. The molecule has 0 saturated heterocycles. The zero-order valence-corrected chi connectivity index (χ0v) is 12.8. The Morgan fingerprint density at radius 1 is 1.40 bits per heavy atom. The predicted octanol–water partition coefficient (Wildman–Crippen LogP) is 1.25. The number of hydrogen-bond donors (Lipinski definition) is 2. The van der Waals surface area contributed by atoms with Crippen LogP contribution in [0.1, 0.15) is 19.4 Å². The van der Waals surface area contributed by atoms with E-state index < -0.39 is 15.8 Å². The van der Waals surface area contributed by atoms with E-state index in [9.17, 15) is 12.8 Å². The molecule has 0 aliphatic carbocycles. The van der Waals surface area contributed by atoms with Gasteiger partial charge < -0.3 is 10.1 Å². The van der Waals surface area contributed by atoms with Gasteiger partial charge in [0.25, 0.3) is 0 Å². The molecule has 20 heavy (non-hydrogen) atoms. The summed E-state index contributed by atoms with van der Waals surface area (Å²) >= 11 is 0. The maximum atomic E-state index is 13.9. The van der Waals surface area contributed by atoms with Gasteiger partial charge >= 0.3 is 0 Å². The van der Waals surface area contributed by atoms with Crippen molar-refractivity contribution in [2.24, 2.45) is 0 Å². The summed E-state index contributed by atoms with van der Waals surface area (Å²) in [4.78, 5) is -0.346. The summed E-state index contributed by atoms with van der Waals surface area (Å²) in [5.41, 5.74) is 0.702. The third-order valence-corrected chi connectivity index (χ3v) is 4.28. The Bertz CT molecular complexity index is 534. The molecule has 0 amide bonds. The summed E-state index contributed by atoms with van der Waals surface area (Å²) < 4.78 is 45.1. The molecule has 5 nitrogen and oxygen atoms in total. The third-order valence-electron chi connectivity index (χ3n) is 2.83. The van der Waals surface area contributed by atoms with E-state index in [0.717, 1.165) is 6.54 Å². The van der Waals surface area contributed by atoms with Crippen LogP contribution in [0.15, 0.2) is 23.1 Å².